The summed E-state index contributed by atoms with van der Waals surface area (Å²) in [5, 5.41) is 10.1. The number of rotatable bonds is 6. The Hall–Kier alpha value is -3.12. The second-order valence-electron chi connectivity index (χ2n) is 7.67. The Balaban J connectivity index is 1.49. The number of sulfonamides is 1. The molecule has 1 aromatic heterocycles. The molecule has 1 saturated heterocycles. The molecule has 1 aliphatic heterocycles. The maximum absolute atomic E-state index is 13.3. The van der Waals surface area contributed by atoms with Gasteiger partial charge in [0.25, 0.3) is 5.91 Å². The van der Waals surface area contributed by atoms with Gasteiger partial charge < -0.3 is 10.2 Å². The molecule has 0 aliphatic carbocycles. The molecule has 1 N–H and O–H groups in total. The molecule has 170 valence electrons. The van der Waals surface area contributed by atoms with E-state index in [1.165, 1.54) is 28.6 Å². The van der Waals surface area contributed by atoms with Gasteiger partial charge in [0.05, 0.1) is 4.90 Å². The van der Waals surface area contributed by atoms with Crippen molar-refractivity contribution in [3.8, 4) is 0 Å². The molecule has 1 amide bonds. The number of benzene rings is 2. The van der Waals surface area contributed by atoms with Crippen molar-refractivity contribution < 1.29 is 26.8 Å². The van der Waals surface area contributed by atoms with E-state index in [9.17, 15) is 22.0 Å². The Kier molecular flexibility index (Phi) is 6.07. The molecule has 12 heteroatoms. The zero-order valence-electron chi connectivity index (χ0n) is 17.2. The van der Waals surface area contributed by atoms with Crippen LogP contribution in [0.3, 0.4) is 0 Å². The standard InChI is InChI=1S/C20H21F2N5O4S/c1-13-3-2-8-26(11-13)32(29,30)15-5-7-18-19(10-15)27(25-24-18)31-12-20(28)23-14-4-6-16(21)17(22)9-14/h4-7,9-10,13H,2-3,8,11-12H2,1H3,(H,23,28). The molecule has 0 saturated carbocycles. The zero-order chi connectivity index (χ0) is 22.9. The molecule has 9 nitrogen and oxygen atoms in total. The van der Waals surface area contributed by atoms with Crippen LogP contribution in [-0.2, 0) is 14.8 Å². The average molecular weight is 465 g/mol. The summed E-state index contributed by atoms with van der Waals surface area (Å²) in [5.74, 6) is -2.49. The summed E-state index contributed by atoms with van der Waals surface area (Å²) < 4.78 is 53.8. The lowest BCUT2D eigenvalue weighted by Crippen LogP contribution is -2.39. The first-order chi connectivity index (χ1) is 15.2. The molecule has 2 heterocycles. The fourth-order valence-corrected chi connectivity index (χ4v) is 5.16. The Morgan fingerprint density at radius 2 is 2.03 bits per heavy atom. The van der Waals surface area contributed by atoms with E-state index in [1.54, 1.807) is 0 Å². The second-order valence-corrected chi connectivity index (χ2v) is 9.61. The smallest absolute Gasteiger partial charge is 0.265 e. The molecule has 32 heavy (non-hydrogen) atoms. The highest BCUT2D eigenvalue weighted by Gasteiger charge is 2.29. The monoisotopic (exact) mass is 465 g/mol. The van der Waals surface area contributed by atoms with Gasteiger partial charge in [-0.1, -0.05) is 11.8 Å². The van der Waals surface area contributed by atoms with E-state index in [4.69, 9.17) is 4.84 Å². The van der Waals surface area contributed by atoms with Crippen molar-refractivity contribution in [3.05, 3.63) is 48.0 Å². The van der Waals surface area contributed by atoms with E-state index < -0.39 is 34.2 Å². The van der Waals surface area contributed by atoms with Gasteiger partial charge in [0, 0.05) is 24.8 Å². The van der Waals surface area contributed by atoms with Crippen LogP contribution in [0.25, 0.3) is 11.0 Å². The molecule has 1 atom stereocenters. The lowest BCUT2D eigenvalue weighted by atomic mass is 10.0. The van der Waals surface area contributed by atoms with E-state index >= 15 is 0 Å². The van der Waals surface area contributed by atoms with E-state index in [1.807, 2.05) is 6.92 Å². The van der Waals surface area contributed by atoms with E-state index in [0.717, 1.165) is 29.8 Å². The van der Waals surface area contributed by atoms with Gasteiger partial charge in [0.15, 0.2) is 18.2 Å². The second kappa shape index (κ2) is 8.79. The van der Waals surface area contributed by atoms with Crippen molar-refractivity contribution in [2.45, 2.75) is 24.7 Å². The van der Waals surface area contributed by atoms with Crippen LogP contribution in [0.15, 0.2) is 41.3 Å². The van der Waals surface area contributed by atoms with Crippen molar-refractivity contribution in [3.63, 3.8) is 0 Å². The van der Waals surface area contributed by atoms with Gasteiger partial charge >= 0.3 is 0 Å². The summed E-state index contributed by atoms with van der Waals surface area (Å²) in [7, 11) is -3.70. The number of fused-ring (bicyclic) bond motifs is 1. The first-order valence-corrected chi connectivity index (χ1v) is 11.4. The number of halogens is 2. The summed E-state index contributed by atoms with van der Waals surface area (Å²) in [6, 6.07) is 7.32. The average Bonchev–Trinajstić information content (AvgIpc) is 3.17. The Morgan fingerprint density at radius 3 is 2.78 bits per heavy atom. The molecular weight excluding hydrogens is 444 g/mol. The van der Waals surface area contributed by atoms with Crippen LogP contribution in [0.5, 0.6) is 0 Å². The van der Waals surface area contributed by atoms with Gasteiger partial charge in [-0.2, -0.15) is 4.31 Å². The number of hydrogen-bond acceptors (Lipinski definition) is 6. The van der Waals surface area contributed by atoms with Crippen molar-refractivity contribution in [2.24, 2.45) is 5.92 Å². The van der Waals surface area contributed by atoms with Crippen LogP contribution in [-0.4, -0.2) is 53.5 Å². The highest BCUT2D eigenvalue weighted by atomic mass is 32.2. The minimum Gasteiger partial charge on any atom is -0.385 e. The Labute approximate surface area is 183 Å². The number of nitrogens with zero attached hydrogens (tertiary/aromatic N) is 4. The number of piperidine rings is 1. The third-order valence-electron chi connectivity index (χ3n) is 5.17. The van der Waals surface area contributed by atoms with Crippen LogP contribution < -0.4 is 10.2 Å². The zero-order valence-corrected chi connectivity index (χ0v) is 18.0. The van der Waals surface area contributed by atoms with Crippen molar-refractivity contribution in [2.75, 3.05) is 25.0 Å². The molecule has 1 fully saturated rings. The number of nitrogens with one attached hydrogen (secondary N) is 1. The van der Waals surface area contributed by atoms with Crippen molar-refractivity contribution in [1.82, 2.24) is 19.5 Å². The van der Waals surface area contributed by atoms with Crippen molar-refractivity contribution in [1.29, 1.82) is 0 Å². The normalized spacial score (nSPS) is 17.4. The van der Waals surface area contributed by atoms with E-state index in [-0.39, 0.29) is 22.0 Å². The summed E-state index contributed by atoms with van der Waals surface area (Å²) in [6.07, 6.45) is 1.79. The largest absolute Gasteiger partial charge is 0.385 e. The predicted octanol–water partition coefficient (Wildman–Crippen LogP) is 2.20. The third kappa shape index (κ3) is 4.55. The third-order valence-corrected chi connectivity index (χ3v) is 7.03. The number of carbonyl (C=O) groups excluding carboxylic acids is 1. The van der Waals surface area contributed by atoms with E-state index in [2.05, 4.69) is 15.6 Å². The number of amides is 1. The lowest BCUT2D eigenvalue weighted by molar-refractivity contribution is -0.121. The molecule has 2 aromatic carbocycles. The van der Waals surface area contributed by atoms with Crippen LogP contribution in [0.2, 0.25) is 0 Å². The van der Waals surface area contributed by atoms with Gasteiger partial charge in [-0.25, -0.2) is 17.2 Å². The number of hydrogen-bond donors (Lipinski definition) is 1. The first kappa shape index (κ1) is 22.1. The summed E-state index contributed by atoms with van der Waals surface area (Å²) in [5.41, 5.74) is 0.721. The SMILES string of the molecule is CC1CCCN(S(=O)(=O)c2ccc3nnn(OCC(=O)Nc4ccc(F)c(F)c4)c3c2)C1. The van der Waals surface area contributed by atoms with E-state index in [0.29, 0.717) is 18.6 Å². The Morgan fingerprint density at radius 1 is 1.22 bits per heavy atom. The van der Waals surface area contributed by atoms with Crippen LogP contribution in [0, 0.1) is 17.6 Å². The highest BCUT2D eigenvalue weighted by Crippen LogP contribution is 2.25. The van der Waals surface area contributed by atoms with Gasteiger partial charge in [0.2, 0.25) is 10.0 Å². The Bertz CT molecular complexity index is 1260. The molecule has 0 bridgehead atoms. The minimum atomic E-state index is -3.70. The number of anilines is 1. The number of carbonyl (C=O) groups is 1. The maximum atomic E-state index is 13.3. The topological polar surface area (TPSA) is 106 Å². The van der Waals surface area contributed by atoms with Crippen LogP contribution >= 0.6 is 0 Å². The minimum absolute atomic E-state index is 0.0603. The molecule has 0 spiro atoms. The maximum Gasteiger partial charge on any atom is 0.265 e. The van der Waals surface area contributed by atoms with Gasteiger partial charge in [0.1, 0.15) is 11.0 Å². The molecule has 4 rings (SSSR count). The quantitative estimate of drug-likeness (QED) is 0.598. The van der Waals surface area contributed by atoms with Crippen molar-refractivity contribution >= 4 is 32.7 Å². The summed E-state index contributed by atoms with van der Waals surface area (Å²) in [4.78, 5) is 18.5. The van der Waals surface area contributed by atoms with Gasteiger partial charge in [-0.3, -0.25) is 4.79 Å². The van der Waals surface area contributed by atoms with Crippen LogP contribution in [0.1, 0.15) is 19.8 Å². The molecule has 1 unspecified atom stereocenters. The molecular formula is C20H21F2N5O4S. The predicted molar refractivity (Wildman–Crippen MR) is 111 cm³/mol. The molecule has 0 radical (unpaired) electrons. The summed E-state index contributed by atoms with van der Waals surface area (Å²) >= 11 is 0. The lowest BCUT2D eigenvalue weighted by Gasteiger charge is -2.30. The van der Waals surface area contributed by atoms with Gasteiger partial charge in [-0.15, -0.1) is 5.10 Å². The fourth-order valence-electron chi connectivity index (χ4n) is 3.54. The van der Waals surface area contributed by atoms with Gasteiger partial charge in [-0.05, 0) is 54.3 Å². The molecule has 3 aromatic rings. The molecule has 1 aliphatic rings. The summed E-state index contributed by atoms with van der Waals surface area (Å²) in [6.45, 7) is 2.42. The highest BCUT2D eigenvalue weighted by molar-refractivity contribution is 7.89. The fraction of sp³-hybridized carbons (Fsp3) is 0.350. The first-order valence-electron chi connectivity index (χ1n) is 9.98. The number of aromatic nitrogens is 3. The van der Waals surface area contributed by atoms with Crippen LogP contribution in [0.4, 0.5) is 14.5 Å².